The zero-order chi connectivity index (χ0) is 23.0. The number of hydrogen-bond acceptors (Lipinski definition) is 6. The standard InChI is InChI=1S/C19H12ClF4N5O2S/c1-31-16-14(21)6-12(7-25-16)28-17(30)15-13(20)8-26-29(15)27-18(28)32-9-10-2-4-11(5-3-10)19(22,23)24/h2-8H,9H2,1H3. The number of benzene rings is 1. The highest BCUT2D eigenvalue weighted by molar-refractivity contribution is 7.98. The summed E-state index contributed by atoms with van der Waals surface area (Å²) in [4.78, 5) is 17.0. The van der Waals surface area contributed by atoms with Gasteiger partial charge in [-0.2, -0.15) is 18.3 Å². The van der Waals surface area contributed by atoms with E-state index in [4.69, 9.17) is 16.3 Å². The molecule has 0 bridgehead atoms. The van der Waals surface area contributed by atoms with E-state index in [1.165, 1.54) is 31.6 Å². The van der Waals surface area contributed by atoms with Crippen LogP contribution in [0.15, 0.2) is 52.7 Å². The molecule has 0 aliphatic carbocycles. The summed E-state index contributed by atoms with van der Waals surface area (Å²) in [6, 6.07) is 5.65. The maximum atomic E-state index is 14.3. The zero-order valence-electron chi connectivity index (χ0n) is 16.1. The molecule has 0 unspecified atom stereocenters. The first-order chi connectivity index (χ1) is 15.2. The number of nitrogens with zero attached hydrogens (tertiary/aromatic N) is 5. The monoisotopic (exact) mass is 485 g/mol. The van der Waals surface area contributed by atoms with Crippen molar-refractivity contribution in [2.45, 2.75) is 17.1 Å². The van der Waals surface area contributed by atoms with Crippen LogP contribution >= 0.6 is 23.4 Å². The van der Waals surface area contributed by atoms with Gasteiger partial charge < -0.3 is 4.74 Å². The van der Waals surface area contributed by atoms with Gasteiger partial charge in [0.1, 0.15) is 0 Å². The predicted octanol–water partition coefficient (Wildman–Crippen LogP) is 4.39. The Labute approximate surface area is 186 Å². The van der Waals surface area contributed by atoms with E-state index >= 15 is 0 Å². The van der Waals surface area contributed by atoms with Crippen LogP contribution in [-0.2, 0) is 11.9 Å². The van der Waals surface area contributed by atoms with Crippen LogP contribution in [0.2, 0.25) is 5.02 Å². The average Bonchev–Trinajstić information content (AvgIpc) is 3.12. The summed E-state index contributed by atoms with van der Waals surface area (Å²) in [6.07, 6.45) is -1.97. The van der Waals surface area contributed by atoms with Crippen LogP contribution < -0.4 is 10.3 Å². The Hall–Kier alpha value is -3.12. The molecule has 0 fully saturated rings. The van der Waals surface area contributed by atoms with Crippen molar-refractivity contribution in [2.24, 2.45) is 0 Å². The minimum atomic E-state index is -4.44. The molecule has 166 valence electrons. The summed E-state index contributed by atoms with van der Waals surface area (Å²) in [5.41, 5.74) is -0.795. The van der Waals surface area contributed by atoms with E-state index in [1.807, 2.05) is 0 Å². The largest absolute Gasteiger partial charge is 0.479 e. The fourth-order valence-corrected chi connectivity index (χ4v) is 3.99. The molecule has 32 heavy (non-hydrogen) atoms. The zero-order valence-corrected chi connectivity index (χ0v) is 17.7. The Kier molecular flexibility index (Phi) is 5.82. The van der Waals surface area contributed by atoms with Crippen molar-refractivity contribution >= 4 is 28.9 Å². The van der Waals surface area contributed by atoms with Gasteiger partial charge in [-0.05, 0) is 17.7 Å². The molecule has 7 nitrogen and oxygen atoms in total. The lowest BCUT2D eigenvalue weighted by atomic mass is 10.1. The minimum absolute atomic E-state index is 0.0261. The van der Waals surface area contributed by atoms with E-state index in [0.29, 0.717) is 5.56 Å². The fraction of sp³-hybridized carbons (Fsp3) is 0.158. The van der Waals surface area contributed by atoms with E-state index in [0.717, 1.165) is 39.2 Å². The first-order valence-electron chi connectivity index (χ1n) is 8.84. The Morgan fingerprint density at radius 1 is 1.19 bits per heavy atom. The van der Waals surface area contributed by atoms with Crippen LogP contribution in [0.3, 0.4) is 0 Å². The summed E-state index contributed by atoms with van der Waals surface area (Å²) < 4.78 is 59.5. The van der Waals surface area contributed by atoms with Crippen molar-refractivity contribution < 1.29 is 22.3 Å². The maximum Gasteiger partial charge on any atom is 0.416 e. The molecule has 4 rings (SSSR count). The Bertz CT molecular complexity index is 1360. The molecule has 0 saturated carbocycles. The third kappa shape index (κ3) is 4.15. The van der Waals surface area contributed by atoms with Crippen LogP contribution in [0.1, 0.15) is 11.1 Å². The lowest BCUT2D eigenvalue weighted by Gasteiger charge is -2.13. The number of methoxy groups -OCH3 is 1. The quantitative estimate of drug-likeness (QED) is 0.308. The number of pyridine rings is 1. The van der Waals surface area contributed by atoms with Crippen molar-refractivity contribution in [1.82, 2.24) is 24.4 Å². The van der Waals surface area contributed by atoms with Gasteiger partial charge >= 0.3 is 6.18 Å². The molecule has 0 aliphatic rings. The molecule has 0 atom stereocenters. The van der Waals surface area contributed by atoms with E-state index in [9.17, 15) is 22.4 Å². The molecule has 1 aromatic carbocycles. The van der Waals surface area contributed by atoms with Crippen LogP contribution in [0, 0.1) is 5.82 Å². The molecule has 3 heterocycles. The summed E-state index contributed by atoms with van der Waals surface area (Å²) in [5, 5.41) is 8.35. The van der Waals surface area contributed by atoms with Gasteiger partial charge in [0.15, 0.2) is 16.5 Å². The van der Waals surface area contributed by atoms with Gasteiger partial charge in [0.2, 0.25) is 5.88 Å². The molecule has 0 N–H and O–H groups in total. The third-order valence-electron chi connectivity index (χ3n) is 4.38. The second kappa shape index (κ2) is 8.43. The Morgan fingerprint density at radius 3 is 2.53 bits per heavy atom. The lowest BCUT2D eigenvalue weighted by Crippen LogP contribution is -2.25. The van der Waals surface area contributed by atoms with Crippen LogP contribution in [0.4, 0.5) is 17.6 Å². The van der Waals surface area contributed by atoms with E-state index in [2.05, 4.69) is 15.2 Å². The number of ether oxygens (including phenoxy) is 1. The summed E-state index contributed by atoms with van der Waals surface area (Å²) in [6.45, 7) is 0. The topological polar surface area (TPSA) is 74.3 Å². The van der Waals surface area contributed by atoms with Gasteiger partial charge in [0, 0.05) is 11.8 Å². The van der Waals surface area contributed by atoms with Gasteiger partial charge in [0.05, 0.1) is 35.8 Å². The van der Waals surface area contributed by atoms with Gasteiger partial charge in [-0.25, -0.2) is 9.37 Å². The predicted molar refractivity (Wildman–Crippen MR) is 109 cm³/mol. The SMILES string of the molecule is COc1ncc(-n2c(SCc3ccc(C(F)(F)F)cc3)nn3ncc(Cl)c3c2=O)cc1F. The van der Waals surface area contributed by atoms with Gasteiger partial charge in [-0.15, -0.1) is 9.73 Å². The molecule has 0 spiro atoms. The van der Waals surface area contributed by atoms with E-state index < -0.39 is 23.1 Å². The normalized spacial score (nSPS) is 11.8. The van der Waals surface area contributed by atoms with Crippen molar-refractivity contribution in [3.05, 3.63) is 75.0 Å². The first-order valence-corrected chi connectivity index (χ1v) is 10.2. The molecule has 0 radical (unpaired) electrons. The van der Waals surface area contributed by atoms with E-state index in [1.54, 1.807) is 0 Å². The van der Waals surface area contributed by atoms with Crippen molar-refractivity contribution in [3.8, 4) is 11.6 Å². The summed E-state index contributed by atoms with van der Waals surface area (Å²) in [7, 11) is 1.25. The van der Waals surface area contributed by atoms with Gasteiger partial charge in [0.25, 0.3) is 5.56 Å². The van der Waals surface area contributed by atoms with Crippen molar-refractivity contribution in [2.75, 3.05) is 7.11 Å². The van der Waals surface area contributed by atoms with E-state index in [-0.39, 0.29) is 33.0 Å². The minimum Gasteiger partial charge on any atom is -0.479 e. The second-order valence-electron chi connectivity index (χ2n) is 6.42. The van der Waals surface area contributed by atoms with Crippen LogP contribution in [0.25, 0.3) is 11.2 Å². The lowest BCUT2D eigenvalue weighted by molar-refractivity contribution is -0.137. The number of halogens is 5. The van der Waals surface area contributed by atoms with Gasteiger partial charge in [-0.1, -0.05) is 35.5 Å². The number of aromatic nitrogens is 5. The number of thioether (sulfide) groups is 1. The highest BCUT2D eigenvalue weighted by atomic mass is 35.5. The molecule has 0 amide bonds. The van der Waals surface area contributed by atoms with Gasteiger partial charge in [-0.3, -0.25) is 9.36 Å². The Balaban J connectivity index is 1.76. The molecular weight excluding hydrogens is 474 g/mol. The van der Waals surface area contributed by atoms with Crippen molar-refractivity contribution in [1.29, 1.82) is 0 Å². The molecule has 4 aromatic rings. The maximum absolute atomic E-state index is 14.3. The molecule has 0 aliphatic heterocycles. The molecule has 13 heteroatoms. The van der Waals surface area contributed by atoms with Crippen LogP contribution in [-0.4, -0.2) is 31.5 Å². The Morgan fingerprint density at radius 2 is 1.91 bits per heavy atom. The fourth-order valence-electron chi connectivity index (χ4n) is 2.85. The smallest absolute Gasteiger partial charge is 0.416 e. The number of rotatable bonds is 5. The summed E-state index contributed by atoms with van der Waals surface area (Å²) in [5.74, 6) is -0.871. The number of alkyl halides is 3. The van der Waals surface area contributed by atoms with Crippen LogP contribution in [0.5, 0.6) is 5.88 Å². The molecule has 0 saturated heterocycles. The summed E-state index contributed by atoms with van der Waals surface area (Å²) >= 11 is 7.10. The number of hydrogen-bond donors (Lipinski definition) is 0. The highest BCUT2D eigenvalue weighted by Crippen LogP contribution is 2.30. The first kappa shape index (κ1) is 22.1. The molecular formula is C19H12ClF4N5O2S. The van der Waals surface area contributed by atoms with Crippen molar-refractivity contribution in [3.63, 3.8) is 0 Å². The molecule has 3 aromatic heterocycles. The number of fused-ring (bicyclic) bond motifs is 1. The second-order valence-corrected chi connectivity index (χ2v) is 7.77. The average molecular weight is 486 g/mol. The third-order valence-corrected chi connectivity index (χ3v) is 5.65. The highest BCUT2D eigenvalue weighted by Gasteiger charge is 2.30.